The molecule has 0 bridgehead atoms. The Morgan fingerprint density at radius 2 is 2.04 bits per heavy atom. The van der Waals surface area contributed by atoms with Crippen molar-refractivity contribution in [2.75, 3.05) is 19.3 Å². The molecule has 0 amide bonds. The molecule has 1 aromatic carbocycles. The van der Waals surface area contributed by atoms with E-state index in [1.54, 1.807) is 6.33 Å². The fourth-order valence-electron chi connectivity index (χ4n) is 3.50. The third-order valence-corrected chi connectivity index (χ3v) is 5.98. The number of hydrogen-bond acceptors (Lipinski definition) is 5. The van der Waals surface area contributed by atoms with Crippen LogP contribution in [-0.2, 0) is 0 Å². The lowest BCUT2D eigenvalue weighted by atomic mass is 10.0. The van der Waals surface area contributed by atoms with Crippen molar-refractivity contribution in [2.45, 2.75) is 36.8 Å². The third kappa shape index (κ3) is 3.55. The van der Waals surface area contributed by atoms with Crippen LogP contribution in [0.1, 0.15) is 25.7 Å². The van der Waals surface area contributed by atoms with Crippen LogP contribution < -0.4 is 0 Å². The summed E-state index contributed by atoms with van der Waals surface area (Å²) in [7, 11) is 2.25. The van der Waals surface area contributed by atoms with Crippen molar-refractivity contribution in [3.63, 3.8) is 0 Å². The van der Waals surface area contributed by atoms with Crippen LogP contribution in [0.3, 0.4) is 0 Å². The van der Waals surface area contributed by atoms with Gasteiger partial charge in [-0.2, -0.15) is 5.10 Å². The van der Waals surface area contributed by atoms with Crippen LogP contribution in [0.5, 0.6) is 0 Å². The van der Waals surface area contributed by atoms with Crippen molar-refractivity contribution in [3.05, 3.63) is 42.9 Å². The summed E-state index contributed by atoms with van der Waals surface area (Å²) < 4.78 is 1.88. The van der Waals surface area contributed by atoms with Crippen LogP contribution in [-0.4, -0.2) is 50.0 Å². The predicted octanol–water partition coefficient (Wildman–Crippen LogP) is 3.78. The van der Waals surface area contributed by atoms with Crippen molar-refractivity contribution in [1.29, 1.82) is 0 Å². The summed E-state index contributed by atoms with van der Waals surface area (Å²) in [6.07, 6.45) is 8.77. The second kappa shape index (κ2) is 7.54. The number of piperidine rings is 1. The fraction of sp³-hybridized carbons (Fsp3) is 0.421. The van der Waals surface area contributed by atoms with Gasteiger partial charge in [0.15, 0.2) is 5.65 Å². The van der Waals surface area contributed by atoms with Gasteiger partial charge < -0.3 is 4.90 Å². The number of likely N-dealkylation sites (tertiary alicyclic amines) is 1. The molecule has 0 N–H and O–H groups in total. The summed E-state index contributed by atoms with van der Waals surface area (Å²) >= 11 is 1.82. The lowest BCUT2D eigenvalue weighted by Crippen LogP contribution is -2.36. The van der Waals surface area contributed by atoms with Crippen molar-refractivity contribution in [2.24, 2.45) is 0 Å². The van der Waals surface area contributed by atoms with Crippen LogP contribution in [0.15, 0.2) is 47.9 Å². The minimum Gasteiger partial charge on any atom is -0.303 e. The molecule has 1 aliphatic rings. The van der Waals surface area contributed by atoms with Crippen LogP contribution in [0, 0.1) is 0 Å². The summed E-state index contributed by atoms with van der Waals surface area (Å²) in [6.45, 7) is 1.23. The van der Waals surface area contributed by atoms with Gasteiger partial charge in [0.1, 0.15) is 11.4 Å². The van der Waals surface area contributed by atoms with Crippen LogP contribution in [0.25, 0.3) is 16.7 Å². The van der Waals surface area contributed by atoms with Gasteiger partial charge in [-0.25, -0.2) is 14.6 Å². The SMILES string of the molecule is CN1CCCC[C@H]1CCSc1ncnc2c1cnn2-c1ccccc1. The molecule has 1 fully saturated rings. The van der Waals surface area contributed by atoms with E-state index in [0.717, 1.165) is 27.5 Å². The fourth-order valence-corrected chi connectivity index (χ4v) is 4.50. The van der Waals surface area contributed by atoms with E-state index in [1.807, 2.05) is 53.0 Å². The zero-order valence-electron chi connectivity index (χ0n) is 14.5. The topological polar surface area (TPSA) is 46.8 Å². The number of nitrogens with zero attached hydrogens (tertiary/aromatic N) is 5. The minimum atomic E-state index is 0.714. The van der Waals surface area contributed by atoms with E-state index in [4.69, 9.17) is 0 Å². The largest absolute Gasteiger partial charge is 0.303 e. The quantitative estimate of drug-likeness (QED) is 0.516. The summed E-state index contributed by atoms with van der Waals surface area (Å²) in [5.74, 6) is 1.08. The second-order valence-electron chi connectivity index (χ2n) is 6.58. The number of hydrogen-bond donors (Lipinski definition) is 0. The molecule has 3 heterocycles. The zero-order chi connectivity index (χ0) is 17.1. The predicted molar refractivity (Wildman–Crippen MR) is 102 cm³/mol. The summed E-state index contributed by atoms with van der Waals surface area (Å²) in [4.78, 5) is 11.5. The first-order chi connectivity index (χ1) is 12.3. The van der Waals surface area contributed by atoms with Crippen molar-refractivity contribution in [3.8, 4) is 5.69 Å². The van der Waals surface area contributed by atoms with Gasteiger partial charge in [0, 0.05) is 11.8 Å². The molecule has 1 saturated heterocycles. The lowest BCUT2D eigenvalue weighted by Gasteiger charge is -2.32. The maximum atomic E-state index is 4.53. The van der Waals surface area contributed by atoms with Gasteiger partial charge >= 0.3 is 0 Å². The Morgan fingerprint density at radius 1 is 1.16 bits per heavy atom. The van der Waals surface area contributed by atoms with E-state index in [1.165, 1.54) is 32.2 Å². The molecule has 6 heteroatoms. The van der Waals surface area contributed by atoms with Crippen LogP contribution >= 0.6 is 11.8 Å². The molecule has 0 unspecified atom stereocenters. The van der Waals surface area contributed by atoms with Crippen molar-refractivity contribution in [1.82, 2.24) is 24.6 Å². The normalized spacial score (nSPS) is 18.7. The lowest BCUT2D eigenvalue weighted by molar-refractivity contribution is 0.182. The highest BCUT2D eigenvalue weighted by Gasteiger charge is 2.19. The van der Waals surface area contributed by atoms with Gasteiger partial charge in [-0.05, 0) is 45.0 Å². The molecule has 2 aromatic heterocycles. The molecule has 0 radical (unpaired) electrons. The summed E-state index contributed by atoms with van der Waals surface area (Å²) in [5, 5.41) is 6.60. The maximum Gasteiger partial charge on any atom is 0.167 e. The third-order valence-electron chi connectivity index (χ3n) is 4.94. The van der Waals surface area contributed by atoms with Crippen LogP contribution in [0.2, 0.25) is 0 Å². The molecule has 3 aromatic rings. The molecular formula is C19H23N5S. The monoisotopic (exact) mass is 353 g/mol. The number of fused-ring (bicyclic) bond motifs is 1. The number of rotatable bonds is 5. The first kappa shape index (κ1) is 16.5. The average Bonchev–Trinajstić information content (AvgIpc) is 3.09. The Bertz CT molecular complexity index is 832. The smallest absolute Gasteiger partial charge is 0.167 e. The zero-order valence-corrected chi connectivity index (χ0v) is 15.3. The standard InChI is InChI=1S/C19H23N5S/c1-23-11-6-5-7-15(23)10-12-25-19-17-13-22-24(18(17)20-14-21-19)16-8-3-2-4-9-16/h2-4,8-9,13-15H,5-7,10-12H2,1H3/t15-/m0/s1. The molecule has 130 valence electrons. The Morgan fingerprint density at radius 3 is 2.88 bits per heavy atom. The Balaban J connectivity index is 1.50. The van der Waals surface area contributed by atoms with Gasteiger partial charge in [0.05, 0.1) is 17.3 Å². The average molecular weight is 353 g/mol. The molecular weight excluding hydrogens is 330 g/mol. The number of para-hydroxylation sites is 1. The number of benzene rings is 1. The number of aromatic nitrogens is 4. The van der Waals surface area contributed by atoms with Gasteiger partial charge in [-0.1, -0.05) is 24.6 Å². The first-order valence-corrected chi connectivity index (χ1v) is 9.88. The second-order valence-corrected chi connectivity index (χ2v) is 7.66. The summed E-state index contributed by atoms with van der Waals surface area (Å²) in [5.41, 5.74) is 1.90. The Labute approximate surface area is 152 Å². The van der Waals surface area contributed by atoms with E-state index < -0.39 is 0 Å². The van der Waals surface area contributed by atoms with E-state index >= 15 is 0 Å². The highest BCUT2D eigenvalue weighted by atomic mass is 32.2. The van der Waals surface area contributed by atoms with E-state index in [2.05, 4.69) is 27.0 Å². The van der Waals surface area contributed by atoms with Crippen LogP contribution in [0.4, 0.5) is 0 Å². The Kier molecular flexibility index (Phi) is 4.99. The van der Waals surface area contributed by atoms with E-state index in [-0.39, 0.29) is 0 Å². The van der Waals surface area contributed by atoms with Gasteiger partial charge in [0.2, 0.25) is 0 Å². The highest BCUT2D eigenvalue weighted by molar-refractivity contribution is 7.99. The molecule has 1 aliphatic heterocycles. The highest BCUT2D eigenvalue weighted by Crippen LogP contribution is 2.28. The molecule has 0 spiro atoms. The van der Waals surface area contributed by atoms with Gasteiger partial charge in [-0.15, -0.1) is 11.8 Å². The molecule has 0 aliphatic carbocycles. The number of thioether (sulfide) groups is 1. The minimum absolute atomic E-state index is 0.714. The Hall–Kier alpha value is -1.92. The van der Waals surface area contributed by atoms with E-state index in [9.17, 15) is 0 Å². The molecule has 0 saturated carbocycles. The summed E-state index contributed by atoms with van der Waals surface area (Å²) in [6, 6.07) is 10.8. The molecule has 1 atom stereocenters. The van der Waals surface area contributed by atoms with Crippen molar-refractivity contribution < 1.29 is 0 Å². The van der Waals surface area contributed by atoms with Crippen molar-refractivity contribution >= 4 is 22.8 Å². The molecule has 5 nitrogen and oxygen atoms in total. The van der Waals surface area contributed by atoms with E-state index in [0.29, 0.717) is 6.04 Å². The maximum absolute atomic E-state index is 4.53. The molecule has 25 heavy (non-hydrogen) atoms. The van der Waals surface area contributed by atoms with Gasteiger partial charge in [-0.3, -0.25) is 0 Å². The van der Waals surface area contributed by atoms with Gasteiger partial charge in [0.25, 0.3) is 0 Å². The first-order valence-electron chi connectivity index (χ1n) is 8.90. The molecule has 4 rings (SSSR count).